The zero-order chi connectivity index (χ0) is 13.2. The second kappa shape index (κ2) is 4.65. The summed E-state index contributed by atoms with van der Waals surface area (Å²) in [7, 11) is 1.96. The first-order valence-corrected chi connectivity index (χ1v) is 6.19. The molecule has 4 nitrogen and oxygen atoms in total. The number of aromatic nitrogens is 2. The summed E-state index contributed by atoms with van der Waals surface area (Å²) < 4.78 is 1.97. The van der Waals surface area contributed by atoms with Crippen LogP contribution in [0, 0.1) is 0 Å². The summed E-state index contributed by atoms with van der Waals surface area (Å²) in [6.45, 7) is 0.541. The molecule has 0 fully saturated rings. The van der Waals surface area contributed by atoms with Crippen LogP contribution >= 0.6 is 0 Å². The number of hydrogen-bond donors (Lipinski definition) is 2. The molecule has 2 heterocycles. The van der Waals surface area contributed by atoms with Gasteiger partial charge in [-0.05, 0) is 17.7 Å². The Morgan fingerprint density at radius 1 is 1.32 bits per heavy atom. The Balaban J connectivity index is 1.77. The number of rotatable bonds is 3. The molecule has 0 aliphatic heterocycles. The van der Waals surface area contributed by atoms with Crippen molar-refractivity contribution in [1.29, 1.82) is 0 Å². The highest BCUT2D eigenvalue weighted by atomic mass is 16.1. The van der Waals surface area contributed by atoms with Gasteiger partial charge in [0.05, 0.1) is 5.56 Å². The third-order valence-electron chi connectivity index (χ3n) is 3.18. The number of carbonyl (C=O) groups excluding carboxylic acids is 1. The second-order valence-electron chi connectivity index (χ2n) is 4.62. The molecule has 1 amide bonds. The van der Waals surface area contributed by atoms with E-state index in [1.165, 1.54) is 0 Å². The predicted octanol–water partition coefficient (Wildman–Crippen LogP) is 2.44. The minimum Gasteiger partial charge on any atom is -0.360 e. The topological polar surface area (TPSA) is 49.8 Å². The van der Waals surface area contributed by atoms with Crippen LogP contribution in [0.25, 0.3) is 10.9 Å². The number of para-hydroxylation sites is 1. The lowest BCUT2D eigenvalue weighted by Crippen LogP contribution is -2.22. The van der Waals surface area contributed by atoms with Crippen molar-refractivity contribution in [3.05, 3.63) is 60.0 Å². The number of nitrogens with zero attached hydrogens (tertiary/aromatic N) is 1. The molecule has 1 aromatic carbocycles. The average molecular weight is 253 g/mol. The zero-order valence-corrected chi connectivity index (χ0v) is 10.7. The number of H-pyrrole nitrogens is 1. The van der Waals surface area contributed by atoms with Crippen LogP contribution in [0.4, 0.5) is 0 Å². The Morgan fingerprint density at radius 3 is 2.95 bits per heavy atom. The summed E-state index contributed by atoms with van der Waals surface area (Å²) in [5.41, 5.74) is 2.76. The molecular formula is C15H15N3O. The van der Waals surface area contributed by atoms with E-state index in [-0.39, 0.29) is 5.91 Å². The van der Waals surface area contributed by atoms with Crippen molar-refractivity contribution >= 4 is 16.8 Å². The minimum atomic E-state index is -0.0543. The second-order valence-corrected chi connectivity index (χ2v) is 4.62. The van der Waals surface area contributed by atoms with E-state index in [1.807, 2.05) is 54.3 Å². The molecule has 3 aromatic rings. The highest BCUT2D eigenvalue weighted by molar-refractivity contribution is 6.06. The fourth-order valence-electron chi connectivity index (χ4n) is 2.20. The van der Waals surface area contributed by atoms with Gasteiger partial charge in [-0.1, -0.05) is 18.2 Å². The standard InChI is InChI=1S/C15H15N3O/c1-18-7-6-11(10-18)8-17-15(19)13-9-16-14-5-3-2-4-12(13)14/h2-7,9-10,16H,8H2,1H3,(H,17,19). The molecule has 4 heteroatoms. The minimum absolute atomic E-state index is 0.0543. The van der Waals surface area contributed by atoms with E-state index in [2.05, 4.69) is 10.3 Å². The lowest BCUT2D eigenvalue weighted by Gasteiger charge is -2.02. The maximum absolute atomic E-state index is 12.2. The van der Waals surface area contributed by atoms with Crippen molar-refractivity contribution in [2.24, 2.45) is 7.05 Å². The molecule has 2 N–H and O–H groups in total. The molecule has 2 aromatic heterocycles. The molecule has 0 bridgehead atoms. The number of aromatic amines is 1. The van der Waals surface area contributed by atoms with Crippen LogP contribution in [0.2, 0.25) is 0 Å². The smallest absolute Gasteiger partial charge is 0.253 e. The summed E-state index contributed by atoms with van der Waals surface area (Å²) in [6, 6.07) is 9.79. The maximum atomic E-state index is 12.2. The van der Waals surface area contributed by atoms with Gasteiger partial charge in [-0.3, -0.25) is 4.79 Å². The Bertz CT molecular complexity index is 724. The number of hydrogen-bond acceptors (Lipinski definition) is 1. The Labute approximate surface area is 111 Å². The van der Waals surface area contributed by atoms with Crippen molar-refractivity contribution in [3.8, 4) is 0 Å². The van der Waals surface area contributed by atoms with Gasteiger partial charge in [-0.15, -0.1) is 0 Å². The molecule has 19 heavy (non-hydrogen) atoms. The molecule has 0 saturated heterocycles. The van der Waals surface area contributed by atoms with E-state index < -0.39 is 0 Å². The van der Waals surface area contributed by atoms with Crippen molar-refractivity contribution in [2.75, 3.05) is 0 Å². The molecular weight excluding hydrogens is 238 g/mol. The molecule has 3 rings (SSSR count). The summed E-state index contributed by atoms with van der Waals surface area (Å²) in [4.78, 5) is 15.3. The lowest BCUT2D eigenvalue weighted by molar-refractivity contribution is 0.0952. The van der Waals surface area contributed by atoms with Crippen LogP contribution in [0.5, 0.6) is 0 Å². The van der Waals surface area contributed by atoms with E-state index in [0.717, 1.165) is 16.5 Å². The van der Waals surface area contributed by atoms with Crippen LogP contribution < -0.4 is 5.32 Å². The maximum Gasteiger partial charge on any atom is 0.253 e. The summed E-state index contributed by atoms with van der Waals surface area (Å²) >= 11 is 0. The number of nitrogens with one attached hydrogen (secondary N) is 2. The third kappa shape index (κ3) is 2.25. The number of benzene rings is 1. The molecule has 0 spiro atoms. The van der Waals surface area contributed by atoms with Crippen molar-refractivity contribution in [3.63, 3.8) is 0 Å². The van der Waals surface area contributed by atoms with Gasteiger partial charge in [0.1, 0.15) is 0 Å². The normalized spacial score (nSPS) is 10.8. The highest BCUT2D eigenvalue weighted by Gasteiger charge is 2.11. The SMILES string of the molecule is Cn1ccc(CNC(=O)c2c[nH]c3ccccc23)c1. The lowest BCUT2D eigenvalue weighted by atomic mass is 10.1. The Hall–Kier alpha value is -2.49. The van der Waals surface area contributed by atoms with Gasteiger partial charge in [-0.2, -0.15) is 0 Å². The van der Waals surface area contributed by atoms with Gasteiger partial charge in [0, 0.05) is 43.1 Å². The van der Waals surface area contributed by atoms with E-state index >= 15 is 0 Å². The number of carbonyl (C=O) groups is 1. The fraction of sp³-hybridized carbons (Fsp3) is 0.133. The summed E-state index contributed by atoms with van der Waals surface area (Å²) in [5.74, 6) is -0.0543. The van der Waals surface area contributed by atoms with Gasteiger partial charge in [0.2, 0.25) is 0 Å². The molecule has 96 valence electrons. The van der Waals surface area contributed by atoms with Crippen LogP contribution in [0.1, 0.15) is 15.9 Å². The summed E-state index contributed by atoms with van der Waals surface area (Å²) in [5, 5.41) is 3.89. The Morgan fingerprint density at radius 2 is 2.16 bits per heavy atom. The average Bonchev–Trinajstić information content (AvgIpc) is 3.02. The van der Waals surface area contributed by atoms with Crippen molar-refractivity contribution < 1.29 is 4.79 Å². The van der Waals surface area contributed by atoms with E-state index in [9.17, 15) is 4.79 Å². The first kappa shape index (κ1) is 11.6. The Kier molecular flexibility index (Phi) is 2.83. The number of aryl methyl sites for hydroxylation is 1. The van der Waals surface area contributed by atoms with Crippen molar-refractivity contribution in [2.45, 2.75) is 6.54 Å². The first-order valence-electron chi connectivity index (χ1n) is 6.19. The predicted molar refractivity (Wildman–Crippen MR) is 74.9 cm³/mol. The van der Waals surface area contributed by atoms with Gasteiger partial charge in [0.15, 0.2) is 0 Å². The highest BCUT2D eigenvalue weighted by Crippen LogP contribution is 2.17. The van der Waals surface area contributed by atoms with Crippen LogP contribution in [-0.2, 0) is 13.6 Å². The molecule has 0 atom stereocenters. The van der Waals surface area contributed by atoms with Gasteiger partial charge in [-0.25, -0.2) is 0 Å². The molecule has 0 aliphatic carbocycles. The van der Waals surface area contributed by atoms with Gasteiger partial charge >= 0.3 is 0 Å². The van der Waals surface area contributed by atoms with Gasteiger partial charge < -0.3 is 14.9 Å². The van der Waals surface area contributed by atoms with E-state index in [4.69, 9.17) is 0 Å². The first-order chi connectivity index (χ1) is 9.24. The van der Waals surface area contributed by atoms with E-state index in [0.29, 0.717) is 12.1 Å². The fourth-order valence-corrected chi connectivity index (χ4v) is 2.20. The quantitative estimate of drug-likeness (QED) is 0.740. The third-order valence-corrected chi connectivity index (χ3v) is 3.18. The molecule has 0 unspecified atom stereocenters. The van der Waals surface area contributed by atoms with Crippen LogP contribution in [0.15, 0.2) is 48.9 Å². The molecule has 0 radical (unpaired) electrons. The molecule has 0 saturated carbocycles. The largest absolute Gasteiger partial charge is 0.360 e. The monoisotopic (exact) mass is 253 g/mol. The number of fused-ring (bicyclic) bond motifs is 1. The number of amides is 1. The molecule has 0 aliphatic rings. The zero-order valence-electron chi connectivity index (χ0n) is 10.7. The van der Waals surface area contributed by atoms with Crippen LogP contribution in [-0.4, -0.2) is 15.5 Å². The van der Waals surface area contributed by atoms with Crippen LogP contribution in [0.3, 0.4) is 0 Å². The van der Waals surface area contributed by atoms with Gasteiger partial charge in [0.25, 0.3) is 5.91 Å². The van der Waals surface area contributed by atoms with E-state index in [1.54, 1.807) is 6.20 Å². The summed E-state index contributed by atoms with van der Waals surface area (Å²) in [6.07, 6.45) is 5.72. The van der Waals surface area contributed by atoms with Crippen molar-refractivity contribution in [1.82, 2.24) is 14.9 Å².